The van der Waals surface area contributed by atoms with E-state index in [4.69, 9.17) is 0 Å². The minimum absolute atomic E-state index is 0.652. The van der Waals surface area contributed by atoms with E-state index in [0.717, 1.165) is 21.7 Å². The number of benzene rings is 3. The number of nitrogens with zero attached hydrogens (tertiary/aromatic N) is 1. The molecule has 3 aromatic rings. The van der Waals surface area contributed by atoms with Gasteiger partial charge in [-0.1, -0.05) is 66.6 Å². The van der Waals surface area contributed by atoms with E-state index in [0.29, 0.717) is 6.42 Å². The molecule has 0 spiro atoms. The molecule has 0 atom stereocenters. The van der Waals surface area contributed by atoms with Crippen LogP contribution in [0.1, 0.15) is 18.1 Å². The molecular formula is C23H20NOP. The molecule has 0 aliphatic carbocycles. The SMILES string of the molecule is CC#CCc1ccccc1/C=N/P(=O)(c1ccccc1)c1ccccc1. The van der Waals surface area contributed by atoms with Crippen LogP contribution in [0.25, 0.3) is 0 Å². The minimum Gasteiger partial charge on any atom is -0.288 e. The average Bonchev–Trinajstić information content (AvgIpc) is 2.72. The van der Waals surface area contributed by atoms with Crippen molar-refractivity contribution < 1.29 is 4.57 Å². The van der Waals surface area contributed by atoms with Gasteiger partial charge in [0.2, 0.25) is 7.29 Å². The van der Waals surface area contributed by atoms with Crippen LogP contribution in [0.15, 0.2) is 89.7 Å². The van der Waals surface area contributed by atoms with E-state index in [-0.39, 0.29) is 0 Å². The standard InChI is InChI=1S/C23H20NOP/c1-2-3-12-20-13-10-11-14-21(20)19-24-26(25,22-15-6-4-7-16-22)23-17-8-5-9-18-23/h4-11,13-19H,12H2,1H3/b24-19+. The molecule has 0 saturated heterocycles. The Bertz CT molecular complexity index is 955. The Morgan fingerprint density at radius 1 is 0.846 bits per heavy atom. The first kappa shape index (κ1) is 17.9. The minimum atomic E-state index is -3.10. The lowest BCUT2D eigenvalue weighted by Crippen LogP contribution is -2.14. The van der Waals surface area contributed by atoms with Crippen molar-refractivity contribution in [1.82, 2.24) is 0 Å². The van der Waals surface area contributed by atoms with Crippen molar-refractivity contribution in [2.24, 2.45) is 4.76 Å². The third kappa shape index (κ3) is 4.02. The third-order valence-corrected chi connectivity index (χ3v) is 6.52. The van der Waals surface area contributed by atoms with Gasteiger partial charge in [0.05, 0.1) is 0 Å². The first-order chi connectivity index (χ1) is 12.7. The highest BCUT2D eigenvalue weighted by molar-refractivity contribution is 7.77. The molecule has 26 heavy (non-hydrogen) atoms. The van der Waals surface area contributed by atoms with Crippen LogP contribution in [0.4, 0.5) is 0 Å². The summed E-state index contributed by atoms with van der Waals surface area (Å²) in [5.74, 6) is 6.00. The van der Waals surface area contributed by atoms with Crippen LogP contribution in [0.2, 0.25) is 0 Å². The summed E-state index contributed by atoms with van der Waals surface area (Å²) in [5, 5.41) is 1.46. The highest BCUT2D eigenvalue weighted by Crippen LogP contribution is 2.44. The number of rotatable bonds is 5. The van der Waals surface area contributed by atoms with Crippen LogP contribution in [-0.4, -0.2) is 6.21 Å². The van der Waals surface area contributed by atoms with Crippen LogP contribution < -0.4 is 10.6 Å². The maximum Gasteiger partial charge on any atom is 0.247 e. The molecule has 0 aliphatic rings. The largest absolute Gasteiger partial charge is 0.288 e. The van der Waals surface area contributed by atoms with Crippen LogP contribution in [-0.2, 0) is 11.0 Å². The van der Waals surface area contributed by atoms with E-state index >= 15 is 0 Å². The van der Waals surface area contributed by atoms with E-state index < -0.39 is 7.29 Å². The van der Waals surface area contributed by atoms with Crippen molar-refractivity contribution >= 4 is 24.1 Å². The summed E-state index contributed by atoms with van der Waals surface area (Å²) < 4.78 is 18.5. The van der Waals surface area contributed by atoms with Gasteiger partial charge < -0.3 is 0 Å². The van der Waals surface area contributed by atoms with Crippen molar-refractivity contribution in [2.45, 2.75) is 13.3 Å². The zero-order valence-electron chi connectivity index (χ0n) is 14.7. The quantitative estimate of drug-likeness (QED) is 0.373. The first-order valence-electron chi connectivity index (χ1n) is 8.48. The molecular weight excluding hydrogens is 337 g/mol. The van der Waals surface area contributed by atoms with Gasteiger partial charge in [-0.05, 0) is 42.3 Å². The predicted octanol–water partition coefficient (Wildman–Crippen LogP) is 4.60. The Hall–Kier alpha value is -2.88. The molecule has 0 fully saturated rings. The molecule has 3 rings (SSSR count). The second kappa shape index (κ2) is 8.48. The molecule has 3 heteroatoms. The fourth-order valence-electron chi connectivity index (χ4n) is 2.69. The highest BCUT2D eigenvalue weighted by atomic mass is 31.2. The topological polar surface area (TPSA) is 29.4 Å². The van der Waals surface area contributed by atoms with Crippen molar-refractivity contribution in [2.75, 3.05) is 0 Å². The lowest BCUT2D eigenvalue weighted by molar-refractivity contribution is 0.588. The fourth-order valence-corrected chi connectivity index (χ4v) is 4.70. The number of hydrogen-bond acceptors (Lipinski definition) is 1. The summed E-state index contributed by atoms with van der Waals surface area (Å²) in [7, 11) is -3.10. The molecule has 0 radical (unpaired) electrons. The zero-order chi connectivity index (χ0) is 18.2. The normalized spacial score (nSPS) is 11.1. The van der Waals surface area contributed by atoms with Crippen LogP contribution in [0, 0.1) is 11.8 Å². The van der Waals surface area contributed by atoms with Crippen LogP contribution in [0.3, 0.4) is 0 Å². The summed E-state index contributed by atoms with van der Waals surface area (Å²) >= 11 is 0. The van der Waals surface area contributed by atoms with Gasteiger partial charge in [-0.15, -0.1) is 5.92 Å². The van der Waals surface area contributed by atoms with Crippen molar-refractivity contribution in [3.05, 3.63) is 96.1 Å². The van der Waals surface area contributed by atoms with E-state index in [1.165, 1.54) is 0 Å². The van der Waals surface area contributed by atoms with Crippen molar-refractivity contribution in [3.63, 3.8) is 0 Å². The van der Waals surface area contributed by atoms with Gasteiger partial charge >= 0.3 is 0 Å². The maximum absolute atomic E-state index is 13.9. The van der Waals surface area contributed by atoms with Crippen LogP contribution in [0.5, 0.6) is 0 Å². The van der Waals surface area contributed by atoms with Crippen molar-refractivity contribution in [1.29, 1.82) is 0 Å². The molecule has 0 unspecified atom stereocenters. The molecule has 0 N–H and O–H groups in total. The number of hydrogen-bond donors (Lipinski definition) is 0. The molecule has 0 saturated carbocycles. The Labute approximate surface area is 155 Å². The molecule has 0 bridgehead atoms. The van der Waals surface area contributed by atoms with Crippen molar-refractivity contribution in [3.8, 4) is 11.8 Å². The summed E-state index contributed by atoms with van der Waals surface area (Å²) in [4.78, 5) is 0. The summed E-state index contributed by atoms with van der Waals surface area (Å²) in [5.41, 5.74) is 2.03. The molecule has 0 aliphatic heterocycles. The molecule has 0 aromatic heterocycles. The van der Waals surface area contributed by atoms with E-state index in [1.807, 2.05) is 91.9 Å². The first-order valence-corrected chi connectivity index (χ1v) is 10.1. The smallest absolute Gasteiger partial charge is 0.247 e. The van der Waals surface area contributed by atoms with E-state index in [1.54, 1.807) is 6.21 Å². The average molecular weight is 357 g/mol. The van der Waals surface area contributed by atoms with Crippen LogP contribution >= 0.6 is 7.29 Å². The fraction of sp³-hybridized carbons (Fsp3) is 0.0870. The van der Waals surface area contributed by atoms with Gasteiger partial charge in [0.1, 0.15) is 0 Å². The van der Waals surface area contributed by atoms with Gasteiger partial charge in [-0.25, -0.2) is 4.76 Å². The summed E-state index contributed by atoms with van der Waals surface area (Å²) in [6, 6.07) is 26.9. The summed E-state index contributed by atoms with van der Waals surface area (Å²) in [6.45, 7) is 1.83. The Kier molecular flexibility index (Phi) is 5.84. The molecule has 0 heterocycles. The Balaban J connectivity index is 2.07. The van der Waals surface area contributed by atoms with Gasteiger partial charge in [0.25, 0.3) is 0 Å². The molecule has 2 nitrogen and oxygen atoms in total. The maximum atomic E-state index is 13.9. The molecule has 3 aromatic carbocycles. The third-order valence-electron chi connectivity index (χ3n) is 4.08. The predicted molar refractivity (Wildman–Crippen MR) is 111 cm³/mol. The Morgan fingerprint density at radius 2 is 1.38 bits per heavy atom. The monoisotopic (exact) mass is 357 g/mol. The van der Waals surface area contributed by atoms with Gasteiger partial charge in [0, 0.05) is 23.2 Å². The Morgan fingerprint density at radius 3 is 1.96 bits per heavy atom. The van der Waals surface area contributed by atoms with Gasteiger partial charge in [0.15, 0.2) is 0 Å². The van der Waals surface area contributed by atoms with Gasteiger partial charge in [-0.3, -0.25) is 4.57 Å². The molecule has 128 valence electrons. The second-order valence-corrected chi connectivity index (χ2v) is 8.21. The lowest BCUT2D eigenvalue weighted by Gasteiger charge is -2.14. The van der Waals surface area contributed by atoms with E-state index in [2.05, 4.69) is 16.6 Å². The zero-order valence-corrected chi connectivity index (χ0v) is 15.6. The lowest BCUT2D eigenvalue weighted by atomic mass is 10.1. The van der Waals surface area contributed by atoms with Gasteiger partial charge in [-0.2, -0.15) is 0 Å². The molecule has 0 amide bonds. The summed E-state index contributed by atoms with van der Waals surface area (Å²) in [6.07, 6.45) is 2.38. The van der Waals surface area contributed by atoms with E-state index in [9.17, 15) is 4.57 Å². The highest BCUT2D eigenvalue weighted by Gasteiger charge is 2.25. The second-order valence-electron chi connectivity index (χ2n) is 5.79.